The summed E-state index contributed by atoms with van der Waals surface area (Å²) >= 11 is 12.5. The van der Waals surface area contributed by atoms with Crippen molar-refractivity contribution in [2.75, 3.05) is 23.3 Å². The van der Waals surface area contributed by atoms with Gasteiger partial charge in [0.2, 0.25) is 0 Å². The lowest BCUT2D eigenvalue weighted by atomic mass is 10.1. The molecule has 3 aromatic carbocycles. The highest BCUT2D eigenvalue weighted by Gasteiger charge is 2.22. The molecule has 2 heterocycles. The van der Waals surface area contributed by atoms with Crippen molar-refractivity contribution in [2.24, 2.45) is 0 Å². The molecular weight excluding hydrogens is 549 g/mol. The van der Waals surface area contributed by atoms with E-state index in [1.165, 1.54) is 18.2 Å². The van der Waals surface area contributed by atoms with Crippen LogP contribution >= 0.6 is 23.2 Å². The van der Waals surface area contributed by atoms with E-state index < -0.39 is 22.2 Å². The Hall–Kier alpha value is -3.47. The van der Waals surface area contributed by atoms with Gasteiger partial charge in [-0.15, -0.1) is 0 Å². The molecule has 5 rings (SSSR count). The Bertz CT molecular complexity index is 1590. The van der Waals surface area contributed by atoms with Crippen molar-refractivity contribution in [3.63, 3.8) is 0 Å². The van der Waals surface area contributed by atoms with Gasteiger partial charge in [0.25, 0.3) is 15.9 Å². The van der Waals surface area contributed by atoms with Gasteiger partial charge in [0.15, 0.2) is 6.29 Å². The van der Waals surface area contributed by atoms with Gasteiger partial charge in [-0.25, -0.2) is 8.42 Å². The van der Waals surface area contributed by atoms with Crippen molar-refractivity contribution in [3.8, 4) is 11.3 Å². The van der Waals surface area contributed by atoms with E-state index in [0.717, 1.165) is 0 Å². The minimum atomic E-state index is -4.00. The SMILES string of the molecule is O=C(Nc1ccc(Cl)cc1-c1ccccn1)c1ccc(S(=O)(=O)Nc2cccc(C3OCCO3)c2)cc1Cl. The van der Waals surface area contributed by atoms with Gasteiger partial charge >= 0.3 is 0 Å². The Balaban J connectivity index is 1.35. The van der Waals surface area contributed by atoms with Crippen LogP contribution in [0.3, 0.4) is 0 Å². The van der Waals surface area contributed by atoms with Crippen LogP contribution in [-0.2, 0) is 19.5 Å². The largest absolute Gasteiger partial charge is 0.346 e. The van der Waals surface area contributed by atoms with Crippen LogP contribution in [0.1, 0.15) is 22.2 Å². The number of hydrogen-bond acceptors (Lipinski definition) is 6. The first-order valence-electron chi connectivity index (χ1n) is 11.5. The molecule has 1 saturated heterocycles. The number of ether oxygens (including phenoxy) is 2. The summed E-state index contributed by atoms with van der Waals surface area (Å²) in [5.74, 6) is -0.518. The fourth-order valence-electron chi connectivity index (χ4n) is 3.91. The monoisotopic (exact) mass is 569 g/mol. The highest BCUT2D eigenvalue weighted by molar-refractivity contribution is 7.92. The number of anilines is 2. The van der Waals surface area contributed by atoms with Gasteiger partial charge < -0.3 is 14.8 Å². The number of amides is 1. The average Bonchev–Trinajstić information content (AvgIpc) is 3.45. The van der Waals surface area contributed by atoms with E-state index in [1.807, 2.05) is 6.07 Å². The zero-order valence-electron chi connectivity index (χ0n) is 19.7. The molecule has 0 bridgehead atoms. The van der Waals surface area contributed by atoms with E-state index in [0.29, 0.717) is 46.4 Å². The zero-order chi connectivity index (χ0) is 26.7. The van der Waals surface area contributed by atoms with E-state index >= 15 is 0 Å². The third kappa shape index (κ3) is 5.82. The Morgan fingerprint density at radius 2 is 1.74 bits per heavy atom. The van der Waals surface area contributed by atoms with Crippen LogP contribution in [-0.4, -0.2) is 32.5 Å². The van der Waals surface area contributed by atoms with Crippen molar-refractivity contribution in [2.45, 2.75) is 11.2 Å². The number of nitrogens with zero attached hydrogens (tertiary/aromatic N) is 1. The highest BCUT2D eigenvalue weighted by Crippen LogP contribution is 2.31. The molecular formula is C27H21Cl2N3O5S. The molecule has 1 aliphatic heterocycles. The standard InChI is InChI=1S/C27H21Cl2N3O5S/c28-18-7-10-25(22(15-18)24-6-1-2-11-30-24)31-26(33)21-9-8-20(16-23(21)29)38(34,35)32-19-5-3-4-17(14-19)27-36-12-13-37-27/h1-11,14-16,27,32H,12-13H2,(H,31,33). The molecule has 0 aliphatic carbocycles. The maximum atomic E-state index is 13.1. The Kier molecular flexibility index (Phi) is 7.64. The van der Waals surface area contributed by atoms with Gasteiger partial charge in [-0.3, -0.25) is 14.5 Å². The quantitative estimate of drug-likeness (QED) is 0.276. The van der Waals surface area contributed by atoms with Crippen LogP contribution in [0, 0.1) is 0 Å². The third-order valence-corrected chi connectivity index (χ3v) is 7.63. The van der Waals surface area contributed by atoms with Gasteiger partial charge in [0.1, 0.15) is 0 Å². The number of aromatic nitrogens is 1. The summed E-state index contributed by atoms with van der Waals surface area (Å²) in [5.41, 5.74) is 2.86. The first-order chi connectivity index (χ1) is 18.3. The summed E-state index contributed by atoms with van der Waals surface area (Å²) in [4.78, 5) is 17.3. The number of halogens is 2. The summed E-state index contributed by atoms with van der Waals surface area (Å²) in [7, 11) is -4.00. The molecule has 0 radical (unpaired) electrons. The van der Waals surface area contributed by atoms with Crippen LogP contribution in [0.4, 0.5) is 11.4 Å². The van der Waals surface area contributed by atoms with Gasteiger partial charge in [-0.05, 0) is 60.7 Å². The predicted octanol–water partition coefficient (Wildman–Crippen LogP) is 6.15. The topological polar surface area (TPSA) is 107 Å². The lowest BCUT2D eigenvalue weighted by molar-refractivity contribution is -0.0440. The molecule has 8 nitrogen and oxygen atoms in total. The molecule has 1 aromatic heterocycles. The molecule has 0 unspecified atom stereocenters. The van der Waals surface area contributed by atoms with Crippen molar-refractivity contribution >= 4 is 50.5 Å². The summed E-state index contributed by atoms with van der Waals surface area (Å²) in [6.07, 6.45) is 1.10. The highest BCUT2D eigenvalue weighted by atomic mass is 35.5. The Labute approximate surface area is 229 Å². The second kappa shape index (κ2) is 11.1. The number of benzene rings is 3. The maximum absolute atomic E-state index is 13.1. The fraction of sp³-hybridized carbons (Fsp3) is 0.111. The molecule has 0 atom stereocenters. The summed E-state index contributed by atoms with van der Waals surface area (Å²) < 4.78 is 39.6. The van der Waals surface area contributed by atoms with Crippen LogP contribution < -0.4 is 10.0 Å². The summed E-state index contributed by atoms with van der Waals surface area (Å²) in [5, 5.41) is 3.27. The maximum Gasteiger partial charge on any atom is 0.261 e. The first kappa shape index (κ1) is 26.1. The van der Waals surface area contributed by atoms with Crippen LogP contribution in [0.15, 0.2) is 90.0 Å². The predicted molar refractivity (Wildman–Crippen MR) is 146 cm³/mol. The lowest BCUT2D eigenvalue weighted by Gasteiger charge is -2.14. The first-order valence-corrected chi connectivity index (χ1v) is 13.7. The van der Waals surface area contributed by atoms with Gasteiger partial charge in [0.05, 0.1) is 40.1 Å². The van der Waals surface area contributed by atoms with Crippen molar-refractivity contribution in [3.05, 3.63) is 106 Å². The molecule has 0 spiro atoms. The molecule has 4 aromatic rings. The van der Waals surface area contributed by atoms with Gasteiger partial charge in [-0.2, -0.15) is 0 Å². The fourth-order valence-corrected chi connectivity index (χ4v) is 5.49. The number of nitrogens with one attached hydrogen (secondary N) is 2. The normalized spacial score (nSPS) is 13.8. The van der Waals surface area contributed by atoms with Crippen molar-refractivity contribution < 1.29 is 22.7 Å². The van der Waals surface area contributed by atoms with Crippen molar-refractivity contribution in [1.82, 2.24) is 4.98 Å². The molecule has 11 heteroatoms. The van der Waals surface area contributed by atoms with Crippen LogP contribution in [0.2, 0.25) is 10.0 Å². The second-order valence-corrected chi connectivity index (χ2v) is 10.8. The van der Waals surface area contributed by atoms with Crippen molar-refractivity contribution in [1.29, 1.82) is 0 Å². The number of carbonyl (C=O) groups is 1. The minimum Gasteiger partial charge on any atom is -0.346 e. The number of sulfonamides is 1. The molecule has 1 amide bonds. The van der Waals surface area contributed by atoms with E-state index in [9.17, 15) is 13.2 Å². The molecule has 38 heavy (non-hydrogen) atoms. The summed E-state index contributed by atoms with van der Waals surface area (Å²) in [6, 6.07) is 21.1. The second-order valence-electron chi connectivity index (χ2n) is 8.31. The van der Waals surface area contributed by atoms with Gasteiger partial charge in [0, 0.05) is 28.0 Å². The molecule has 194 valence electrons. The van der Waals surface area contributed by atoms with Crippen LogP contribution in [0.5, 0.6) is 0 Å². The van der Waals surface area contributed by atoms with E-state index in [4.69, 9.17) is 32.7 Å². The third-order valence-electron chi connectivity index (χ3n) is 5.70. The minimum absolute atomic E-state index is 0.0276. The zero-order valence-corrected chi connectivity index (χ0v) is 22.1. The average molecular weight is 570 g/mol. The van der Waals surface area contributed by atoms with Gasteiger partial charge in [-0.1, -0.05) is 41.4 Å². The molecule has 1 aliphatic rings. The Morgan fingerprint density at radius 3 is 2.47 bits per heavy atom. The number of carbonyl (C=O) groups excluding carboxylic acids is 1. The number of hydrogen-bond donors (Lipinski definition) is 2. The van der Waals surface area contributed by atoms with E-state index in [2.05, 4.69) is 15.0 Å². The molecule has 0 saturated carbocycles. The van der Waals surface area contributed by atoms with E-state index in [-0.39, 0.29) is 15.5 Å². The number of rotatable bonds is 7. The van der Waals surface area contributed by atoms with Crippen LogP contribution in [0.25, 0.3) is 11.3 Å². The lowest BCUT2D eigenvalue weighted by Crippen LogP contribution is -2.16. The smallest absolute Gasteiger partial charge is 0.261 e. The number of pyridine rings is 1. The molecule has 1 fully saturated rings. The van der Waals surface area contributed by atoms with E-state index in [1.54, 1.807) is 60.8 Å². The summed E-state index contributed by atoms with van der Waals surface area (Å²) in [6.45, 7) is 0.947. The Morgan fingerprint density at radius 1 is 0.921 bits per heavy atom. The molecule has 2 N–H and O–H groups in total.